The second-order valence-corrected chi connectivity index (χ2v) is 6.76. The molecule has 0 bridgehead atoms. The van der Waals surface area contributed by atoms with Gasteiger partial charge in [-0.1, -0.05) is 6.07 Å². The van der Waals surface area contributed by atoms with Gasteiger partial charge in [0.1, 0.15) is 17.3 Å². The molecule has 132 valence electrons. The van der Waals surface area contributed by atoms with Gasteiger partial charge in [-0.25, -0.2) is 4.98 Å². The van der Waals surface area contributed by atoms with Crippen LogP contribution in [0.25, 0.3) is 16.9 Å². The van der Waals surface area contributed by atoms with E-state index in [1.54, 1.807) is 30.8 Å². The topological polar surface area (TPSA) is 71.7 Å². The molecule has 0 saturated heterocycles. The number of aliphatic hydroxyl groups is 1. The van der Waals surface area contributed by atoms with E-state index in [-0.39, 0.29) is 6.61 Å². The maximum absolute atomic E-state index is 9.63. The van der Waals surface area contributed by atoms with Gasteiger partial charge in [0.2, 0.25) is 0 Å². The number of fused-ring (bicyclic) bond motifs is 1. The van der Waals surface area contributed by atoms with Gasteiger partial charge in [-0.15, -0.1) is 11.3 Å². The molecular formula is C19H18N4O2S. The molecule has 0 unspecified atom stereocenters. The number of imidazole rings is 1. The highest BCUT2D eigenvalue weighted by molar-refractivity contribution is 7.09. The van der Waals surface area contributed by atoms with Crippen molar-refractivity contribution < 1.29 is 9.84 Å². The Morgan fingerprint density at radius 3 is 3.00 bits per heavy atom. The molecule has 0 aliphatic rings. The third kappa shape index (κ3) is 3.02. The molecule has 3 aromatic heterocycles. The van der Waals surface area contributed by atoms with Crippen LogP contribution in [0.4, 0.5) is 5.82 Å². The lowest BCUT2D eigenvalue weighted by molar-refractivity contribution is 0.274. The number of methoxy groups -OCH3 is 1. The fourth-order valence-corrected chi connectivity index (χ4v) is 3.56. The lowest BCUT2D eigenvalue weighted by Crippen LogP contribution is -2.02. The van der Waals surface area contributed by atoms with Crippen molar-refractivity contribution in [1.29, 1.82) is 0 Å². The molecule has 4 aromatic rings. The predicted octanol–water partition coefficient (Wildman–Crippen LogP) is 3.57. The molecule has 3 heterocycles. The van der Waals surface area contributed by atoms with Gasteiger partial charge in [0.15, 0.2) is 5.65 Å². The van der Waals surface area contributed by atoms with Gasteiger partial charge in [0.25, 0.3) is 0 Å². The number of hydrogen-bond acceptors (Lipinski definition) is 6. The number of nitrogens with one attached hydrogen (secondary N) is 1. The molecule has 6 nitrogen and oxygen atoms in total. The summed E-state index contributed by atoms with van der Waals surface area (Å²) in [6, 6.07) is 9.84. The van der Waals surface area contributed by atoms with E-state index < -0.39 is 0 Å². The molecule has 0 radical (unpaired) electrons. The monoisotopic (exact) mass is 366 g/mol. The van der Waals surface area contributed by atoms with Crippen LogP contribution in [0, 0.1) is 0 Å². The minimum atomic E-state index is -0.0934. The van der Waals surface area contributed by atoms with Crippen molar-refractivity contribution in [1.82, 2.24) is 14.4 Å². The summed E-state index contributed by atoms with van der Waals surface area (Å²) in [6.45, 7) is 0.619. The van der Waals surface area contributed by atoms with Gasteiger partial charge < -0.3 is 15.2 Å². The number of ether oxygens (including phenoxy) is 1. The molecule has 26 heavy (non-hydrogen) atoms. The number of benzene rings is 1. The Morgan fingerprint density at radius 2 is 2.23 bits per heavy atom. The summed E-state index contributed by atoms with van der Waals surface area (Å²) in [4.78, 5) is 10.1. The molecular weight excluding hydrogens is 348 g/mol. The highest BCUT2D eigenvalue weighted by Crippen LogP contribution is 2.32. The minimum Gasteiger partial charge on any atom is -0.496 e. The zero-order valence-electron chi connectivity index (χ0n) is 14.2. The van der Waals surface area contributed by atoms with Crippen molar-refractivity contribution in [2.75, 3.05) is 12.4 Å². The first kappa shape index (κ1) is 16.6. The highest BCUT2D eigenvalue weighted by atomic mass is 32.1. The van der Waals surface area contributed by atoms with Crippen LogP contribution in [-0.4, -0.2) is 26.6 Å². The van der Waals surface area contributed by atoms with Gasteiger partial charge in [0, 0.05) is 28.4 Å². The van der Waals surface area contributed by atoms with Crippen LogP contribution in [0.15, 0.2) is 54.3 Å². The molecule has 4 rings (SSSR count). The van der Waals surface area contributed by atoms with Gasteiger partial charge in [-0.2, -0.15) is 0 Å². The first-order valence-corrected chi connectivity index (χ1v) is 9.04. The molecule has 2 N–H and O–H groups in total. The summed E-state index contributed by atoms with van der Waals surface area (Å²) >= 11 is 1.71. The fraction of sp³-hybridized carbons (Fsp3) is 0.158. The Morgan fingerprint density at radius 1 is 1.31 bits per heavy atom. The van der Waals surface area contributed by atoms with Gasteiger partial charge in [0.05, 0.1) is 26.5 Å². The molecule has 0 aliphatic carbocycles. The molecule has 1 aromatic carbocycles. The van der Waals surface area contributed by atoms with Gasteiger partial charge in [-0.3, -0.25) is 9.38 Å². The van der Waals surface area contributed by atoms with Crippen molar-refractivity contribution in [3.63, 3.8) is 0 Å². The zero-order valence-corrected chi connectivity index (χ0v) is 15.0. The van der Waals surface area contributed by atoms with Crippen LogP contribution in [0.3, 0.4) is 0 Å². The molecule has 0 amide bonds. The standard InChI is InChI=1S/C19H18N4O2S/c1-25-16-5-4-13(9-14(16)12-24)18-19(21-10-15-3-2-8-26-15)23-7-6-20-11-17(23)22-18/h2-9,11,21,24H,10,12H2,1H3. The lowest BCUT2D eigenvalue weighted by atomic mass is 10.1. The predicted molar refractivity (Wildman–Crippen MR) is 103 cm³/mol. The van der Waals surface area contributed by atoms with E-state index >= 15 is 0 Å². The Hall–Kier alpha value is -2.90. The molecule has 0 spiro atoms. The molecule has 0 saturated carbocycles. The Kier molecular flexibility index (Phi) is 4.55. The maximum Gasteiger partial charge on any atom is 0.157 e. The van der Waals surface area contributed by atoms with E-state index in [9.17, 15) is 5.11 Å². The summed E-state index contributed by atoms with van der Waals surface area (Å²) in [5, 5.41) is 15.2. The van der Waals surface area contributed by atoms with E-state index in [1.807, 2.05) is 34.9 Å². The van der Waals surface area contributed by atoms with Gasteiger partial charge >= 0.3 is 0 Å². The number of hydrogen-bond donors (Lipinski definition) is 2. The molecule has 0 aliphatic heterocycles. The lowest BCUT2D eigenvalue weighted by Gasteiger charge is -2.10. The van der Waals surface area contributed by atoms with E-state index in [0.717, 1.165) is 28.3 Å². The average Bonchev–Trinajstić information content (AvgIpc) is 3.33. The van der Waals surface area contributed by atoms with Crippen LogP contribution in [0.2, 0.25) is 0 Å². The van der Waals surface area contributed by atoms with Crippen LogP contribution in [0.1, 0.15) is 10.4 Å². The number of aromatic nitrogens is 3. The Balaban J connectivity index is 1.80. The molecule has 0 atom stereocenters. The third-order valence-electron chi connectivity index (χ3n) is 4.16. The van der Waals surface area contributed by atoms with Crippen molar-refractivity contribution >= 4 is 22.8 Å². The highest BCUT2D eigenvalue weighted by Gasteiger charge is 2.16. The van der Waals surface area contributed by atoms with Crippen molar-refractivity contribution in [3.05, 3.63) is 64.7 Å². The largest absolute Gasteiger partial charge is 0.496 e. The van der Waals surface area contributed by atoms with Crippen molar-refractivity contribution in [2.45, 2.75) is 13.2 Å². The minimum absolute atomic E-state index is 0.0934. The zero-order chi connectivity index (χ0) is 17.9. The quantitative estimate of drug-likeness (QED) is 0.546. The summed E-state index contributed by atoms with van der Waals surface area (Å²) in [6.07, 6.45) is 5.36. The Bertz CT molecular complexity index is 1030. The van der Waals surface area contributed by atoms with E-state index in [4.69, 9.17) is 9.72 Å². The number of nitrogens with zero attached hydrogens (tertiary/aromatic N) is 3. The van der Waals surface area contributed by atoms with Crippen LogP contribution in [0.5, 0.6) is 5.75 Å². The summed E-state index contributed by atoms with van der Waals surface area (Å²) < 4.78 is 7.29. The Labute approximate surface area is 154 Å². The number of rotatable bonds is 6. The number of thiophene rings is 1. The molecule has 7 heteroatoms. The van der Waals surface area contributed by atoms with Crippen LogP contribution in [-0.2, 0) is 13.2 Å². The van der Waals surface area contributed by atoms with Crippen LogP contribution >= 0.6 is 11.3 Å². The summed E-state index contributed by atoms with van der Waals surface area (Å²) in [5.41, 5.74) is 3.21. The van der Waals surface area contributed by atoms with E-state index in [2.05, 4.69) is 21.7 Å². The average molecular weight is 366 g/mol. The first-order valence-electron chi connectivity index (χ1n) is 8.16. The fourth-order valence-electron chi connectivity index (χ4n) is 2.91. The smallest absolute Gasteiger partial charge is 0.157 e. The second kappa shape index (κ2) is 7.15. The van der Waals surface area contributed by atoms with Crippen molar-refractivity contribution in [2.24, 2.45) is 0 Å². The maximum atomic E-state index is 9.63. The number of anilines is 1. The second-order valence-electron chi connectivity index (χ2n) is 5.73. The van der Waals surface area contributed by atoms with E-state index in [0.29, 0.717) is 12.3 Å². The summed E-state index contributed by atoms with van der Waals surface area (Å²) in [7, 11) is 1.60. The van der Waals surface area contributed by atoms with E-state index in [1.165, 1.54) is 4.88 Å². The van der Waals surface area contributed by atoms with Crippen LogP contribution < -0.4 is 10.1 Å². The summed E-state index contributed by atoms with van der Waals surface area (Å²) in [5.74, 6) is 1.56. The normalized spacial score (nSPS) is 11.0. The molecule has 0 fully saturated rings. The van der Waals surface area contributed by atoms with Crippen molar-refractivity contribution in [3.8, 4) is 17.0 Å². The van der Waals surface area contributed by atoms with Gasteiger partial charge in [-0.05, 0) is 29.6 Å². The SMILES string of the molecule is COc1ccc(-c2nc3cnccn3c2NCc2cccs2)cc1CO. The third-order valence-corrected chi connectivity index (χ3v) is 5.04. The number of aliphatic hydroxyl groups excluding tert-OH is 1. The first-order chi connectivity index (χ1) is 12.8.